The van der Waals surface area contributed by atoms with Gasteiger partial charge in [0, 0.05) is 17.0 Å². The van der Waals surface area contributed by atoms with Crippen LogP contribution in [0.4, 0.5) is 0 Å². The zero-order valence-electron chi connectivity index (χ0n) is 12.2. The van der Waals surface area contributed by atoms with E-state index in [0.717, 1.165) is 17.9 Å². The van der Waals surface area contributed by atoms with Gasteiger partial charge in [-0.2, -0.15) is 0 Å². The highest BCUT2D eigenvalue weighted by Crippen LogP contribution is 2.37. The van der Waals surface area contributed by atoms with Gasteiger partial charge < -0.3 is 5.32 Å². The minimum atomic E-state index is -0.0328. The average Bonchev–Trinajstić information content (AvgIpc) is 2.43. The highest BCUT2D eigenvalue weighted by atomic mass is 35.5. The van der Waals surface area contributed by atoms with E-state index >= 15 is 0 Å². The summed E-state index contributed by atoms with van der Waals surface area (Å²) in [5.41, 5.74) is 1.30. The summed E-state index contributed by atoms with van der Waals surface area (Å²) >= 11 is 5.90. The maximum atomic E-state index is 12.2. The topological polar surface area (TPSA) is 29.1 Å². The van der Waals surface area contributed by atoms with E-state index < -0.39 is 0 Å². The second-order valence-electron chi connectivity index (χ2n) is 5.67. The maximum Gasteiger partial charge on any atom is 0.223 e. The predicted octanol–water partition coefficient (Wildman–Crippen LogP) is 4.47. The molecule has 1 aromatic rings. The monoisotopic (exact) mass is 303 g/mol. The maximum absolute atomic E-state index is 12.2. The van der Waals surface area contributed by atoms with Crippen molar-refractivity contribution in [2.24, 2.45) is 5.92 Å². The molecule has 1 fully saturated rings. The van der Waals surface area contributed by atoms with Crippen LogP contribution >= 0.6 is 11.6 Å². The first-order valence-electron chi connectivity index (χ1n) is 7.41. The smallest absolute Gasteiger partial charge is 0.223 e. The lowest BCUT2D eigenvalue weighted by atomic mass is 9.75. The van der Waals surface area contributed by atoms with Gasteiger partial charge in [-0.05, 0) is 49.3 Å². The van der Waals surface area contributed by atoms with Gasteiger partial charge in [0.15, 0.2) is 0 Å². The van der Waals surface area contributed by atoms with Gasteiger partial charge >= 0.3 is 0 Å². The molecule has 3 heteroatoms. The Morgan fingerprint density at radius 1 is 1.24 bits per heavy atom. The zero-order chi connectivity index (χ0) is 15.2. The van der Waals surface area contributed by atoms with Crippen molar-refractivity contribution in [3.05, 3.63) is 60.2 Å². The van der Waals surface area contributed by atoms with Crippen LogP contribution in [0.3, 0.4) is 0 Å². The molecular formula is C18H22ClNO. The molecule has 1 aromatic carbocycles. The summed E-state index contributed by atoms with van der Waals surface area (Å²) in [6, 6.07) is 8.28. The van der Waals surface area contributed by atoms with Crippen molar-refractivity contribution in [1.29, 1.82) is 0 Å². The molecule has 0 bridgehead atoms. The third-order valence-electron chi connectivity index (χ3n) is 4.10. The van der Waals surface area contributed by atoms with Crippen molar-refractivity contribution < 1.29 is 4.79 Å². The zero-order valence-corrected chi connectivity index (χ0v) is 13.0. The van der Waals surface area contributed by atoms with Crippen molar-refractivity contribution in [3.8, 4) is 0 Å². The number of amides is 1. The highest BCUT2D eigenvalue weighted by molar-refractivity contribution is 6.30. The Morgan fingerprint density at radius 3 is 2.33 bits per heavy atom. The van der Waals surface area contributed by atoms with E-state index in [1.54, 1.807) is 12.2 Å². The number of halogens is 1. The molecule has 1 saturated carbocycles. The van der Waals surface area contributed by atoms with Crippen molar-refractivity contribution in [2.45, 2.75) is 37.6 Å². The van der Waals surface area contributed by atoms with Crippen LogP contribution in [0.1, 0.15) is 37.2 Å². The second-order valence-corrected chi connectivity index (χ2v) is 6.11. The van der Waals surface area contributed by atoms with Crippen molar-refractivity contribution in [2.75, 3.05) is 0 Å². The molecule has 2 nitrogen and oxygen atoms in total. The summed E-state index contributed by atoms with van der Waals surface area (Å²) in [7, 11) is 0. The fourth-order valence-electron chi connectivity index (χ4n) is 2.77. The van der Waals surface area contributed by atoms with Crippen LogP contribution in [-0.2, 0) is 4.79 Å². The van der Waals surface area contributed by atoms with E-state index in [0.29, 0.717) is 18.8 Å². The first kappa shape index (κ1) is 15.8. The molecule has 0 spiro atoms. The standard InChI is InChI=1S/C18H22ClNO/c1-3-5-14(6-4-2)18(21)20-17-11-15(12-17)13-7-9-16(19)10-8-13/h3-4,7-10,14-15,17H,1-2,5-6,11-12H2,(H,20,21). The van der Waals surface area contributed by atoms with Gasteiger partial charge in [-0.25, -0.2) is 0 Å². The van der Waals surface area contributed by atoms with Gasteiger partial charge in [0.1, 0.15) is 0 Å². The molecule has 1 amide bonds. The second kappa shape index (κ2) is 7.46. The molecule has 112 valence electrons. The van der Waals surface area contributed by atoms with Crippen LogP contribution in [0.5, 0.6) is 0 Å². The van der Waals surface area contributed by atoms with Crippen molar-refractivity contribution in [1.82, 2.24) is 5.32 Å². The Balaban J connectivity index is 1.81. The molecule has 21 heavy (non-hydrogen) atoms. The Bertz CT molecular complexity index is 492. The molecule has 1 N–H and O–H groups in total. The molecular weight excluding hydrogens is 282 g/mol. The number of allylic oxidation sites excluding steroid dienone is 2. The van der Waals surface area contributed by atoms with Gasteiger partial charge in [-0.3, -0.25) is 4.79 Å². The first-order chi connectivity index (χ1) is 10.1. The minimum absolute atomic E-state index is 0.0328. The largest absolute Gasteiger partial charge is 0.353 e. The molecule has 1 aliphatic rings. The quantitative estimate of drug-likeness (QED) is 0.740. The van der Waals surface area contributed by atoms with Gasteiger partial charge in [-0.1, -0.05) is 35.9 Å². The lowest BCUT2D eigenvalue weighted by Crippen LogP contribution is -2.45. The number of hydrogen-bond acceptors (Lipinski definition) is 1. The van der Waals surface area contributed by atoms with Crippen LogP contribution in [0.25, 0.3) is 0 Å². The fourth-order valence-corrected chi connectivity index (χ4v) is 2.90. The van der Waals surface area contributed by atoms with Gasteiger partial charge in [0.05, 0.1) is 0 Å². The van der Waals surface area contributed by atoms with Crippen LogP contribution in [-0.4, -0.2) is 11.9 Å². The number of rotatable bonds is 7. The number of carbonyl (C=O) groups excluding carboxylic acids is 1. The summed E-state index contributed by atoms with van der Waals surface area (Å²) in [6.45, 7) is 7.42. The predicted molar refractivity (Wildman–Crippen MR) is 88.5 cm³/mol. The highest BCUT2D eigenvalue weighted by Gasteiger charge is 2.32. The molecule has 0 saturated heterocycles. The number of benzene rings is 1. The summed E-state index contributed by atoms with van der Waals surface area (Å²) in [5.74, 6) is 0.619. The van der Waals surface area contributed by atoms with E-state index in [9.17, 15) is 4.79 Å². The SMILES string of the molecule is C=CCC(CC=C)C(=O)NC1CC(c2ccc(Cl)cc2)C1. The molecule has 0 atom stereocenters. The third kappa shape index (κ3) is 4.21. The van der Waals surface area contributed by atoms with E-state index in [-0.39, 0.29) is 17.9 Å². The molecule has 2 rings (SSSR count). The Labute approximate surface area is 131 Å². The fraction of sp³-hybridized carbons (Fsp3) is 0.389. The molecule has 0 aliphatic heterocycles. The average molecular weight is 304 g/mol. The Morgan fingerprint density at radius 2 is 1.81 bits per heavy atom. The van der Waals surface area contributed by atoms with Crippen LogP contribution < -0.4 is 5.32 Å². The van der Waals surface area contributed by atoms with Crippen LogP contribution in [0, 0.1) is 5.92 Å². The van der Waals surface area contributed by atoms with Gasteiger partial charge in [0.2, 0.25) is 5.91 Å². The molecule has 0 unspecified atom stereocenters. The number of hydrogen-bond donors (Lipinski definition) is 1. The van der Waals surface area contributed by atoms with E-state index in [1.165, 1.54) is 5.56 Å². The van der Waals surface area contributed by atoms with Crippen LogP contribution in [0.15, 0.2) is 49.6 Å². The van der Waals surface area contributed by atoms with Crippen molar-refractivity contribution in [3.63, 3.8) is 0 Å². The normalized spacial score (nSPS) is 20.7. The van der Waals surface area contributed by atoms with Crippen molar-refractivity contribution >= 4 is 17.5 Å². The summed E-state index contributed by atoms with van der Waals surface area (Å²) in [4.78, 5) is 12.2. The van der Waals surface area contributed by atoms with E-state index in [2.05, 4.69) is 30.6 Å². The first-order valence-corrected chi connectivity index (χ1v) is 7.79. The van der Waals surface area contributed by atoms with Gasteiger partial charge in [0.25, 0.3) is 0 Å². The van der Waals surface area contributed by atoms with E-state index in [1.807, 2.05) is 12.1 Å². The van der Waals surface area contributed by atoms with Gasteiger partial charge in [-0.15, -0.1) is 13.2 Å². The third-order valence-corrected chi connectivity index (χ3v) is 4.35. The molecule has 0 radical (unpaired) electrons. The lowest BCUT2D eigenvalue weighted by Gasteiger charge is -2.37. The van der Waals surface area contributed by atoms with Crippen LogP contribution in [0.2, 0.25) is 5.02 Å². The molecule has 0 heterocycles. The lowest BCUT2D eigenvalue weighted by molar-refractivity contribution is -0.126. The van der Waals surface area contributed by atoms with E-state index in [4.69, 9.17) is 11.6 Å². The molecule has 0 aromatic heterocycles. The molecule has 1 aliphatic carbocycles. The summed E-state index contributed by atoms with van der Waals surface area (Å²) < 4.78 is 0. The summed E-state index contributed by atoms with van der Waals surface area (Å²) in [6.07, 6.45) is 7.00. The number of carbonyl (C=O) groups is 1. The Kier molecular flexibility index (Phi) is 5.63. The summed E-state index contributed by atoms with van der Waals surface area (Å²) in [5, 5.41) is 3.90. The Hall–Kier alpha value is -1.54. The number of nitrogens with one attached hydrogen (secondary N) is 1. The minimum Gasteiger partial charge on any atom is -0.353 e.